The molecule has 2 aromatic heterocycles. The molecule has 0 saturated carbocycles. The fourth-order valence-electron chi connectivity index (χ4n) is 4.22. The Balaban J connectivity index is 1.57. The highest BCUT2D eigenvalue weighted by atomic mass is 79.9. The highest BCUT2D eigenvalue weighted by Crippen LogP contribution is 2.30. The SMILES string of the molecule is COc1ccc(C=Nn2c(-c3cc4cc(Br)ccc4o3)nc3ccccc3c2=O)c2ccccc12. The van der Waals surface area contributed by atoms with Crippen molar-refractivity contribution in [2.24, 2.45) is 5.10 Å². The zero-order chi connectivity index (χ0) is 23.9. The molecule has 0 spiro atoms. The molecule has 6 aromatic rings. The summed E-state index contributed by atoms with van der Waals surface area (Å²) in [6, 6.07) is 26.6. The third-order valence-corrected chi connectivity index (χ3v) is 6.40. The first-order valence-electron chi connectivity index (χ1n) is 10.9. The van der Waals surface area contributed by atoms with Crippen LogP contribution in [0.4, 0.5) is 0 Å². The molecular weight excluding hydrogens is 506 g/mol. The lowest BCUT2D eigenvalue weighted by atomic mass is 10.0. The zero-order valence-electron chi connectivity index (χ0n) is 18.6. The van der Waals surface area contributed by atoms with Crippen molar-refractivity contribution in [3.8, 4) is 17.3 Å². The molecule has 170 valence electrons. The molecule has 0 N–H and O–H groups in total. The molecule has 0 aliphatic rings. The Morgan fingerprint density at radius 3 is 2.54 bits per heavy atom. The van der Waals surface area contributed by atoms with Gasteiger partial charge in [0, 0.05) is 20.8 Å². The standard InChI is InChI=1S/C28H18BrN3O3/c1-34-25-12-10-17(20-6-2-3-7-21(20)25)16-30-32-27(31-23-9-5-4-8-22(23)28(32)33)26-15-18-14-19(29)11-13-24(18)35-26/h2-16H,1H3. The van der Waals surface area contributed by atoms with E-state index in [1.54, 1.807) is 19.4 Å². The zero-order valence-corrected chi connectivity index (χ0v) is 20.2. The number of fused-ring (bicyclic) bond motifs is 3. The van der Waals surface area contributed by atoms with Gasteiger partial charge < -0.3 is 9.15 Å². The molecule has 0 bridgehead atoms. The number of hydrogen-bond donors (Lipinski definition) is 0. The monoisotopic (exact) mass is 523 g/mol. The van der Waals surface area contributed by atoms with E-state index < -0.39 is 0 Å². The second kappa shape index (κ2) is 8.52. The van der Waals surface area contributed by atoms with E-state index in [0.717, 1.165) is 31.9 Å². The van der Waals surface area contributed by atoms with Gasteiger partial charge in [-0.25, -0.2) is 4.98 Å². The maximum absolute atomic E-state index is 13.5. The number of aromatic nitrogens is 2. The Morgan fingerprint density at radius 1 is 0.943 bits per heavy atom. The quantitative estimate of drug-likeness (QED) is 0.243. The van der Waals surface area contributed by atoms with Crippen molar-refractivity contribution in [1.29, 1.82) is 0 Å². The van der Waals surface area contributed by atoms with Gasteiger partial charge in [-0.05, 0) is 53.9 Å². The number of ether oxygens (including phenoxy) is 1. The highest BCUT2D eigenvalue weighted by molar-refractivity contribution is 9.10. The van der Waals surface area contributed by atoms with Gasteiger partial charge in [0.2, 0.25) is 5.82 Å². The average molecular weight is 524 g/mol. The van der Waals surface area contributed by atoms with Gasteiger partial charge in [0.15, 0.2) is 5.76 Å². The van der Waals surface area contributed by atoms with Crippen LogP contribution in [-0.2, 0) is 0 Å². The third kappa shape index (κ3) is 3.70. The maximum Gasteiger partial charge on any atom is 0.282 e. The van der Waals surface area contributed by atoms with Crippen molar-refractivity contribution < 1.29 is 9.15 Å². The average Bonchev–Trinajstić information content (AvgIpc) is 3.31. The first-order chi connectivity index (χ1) is 17.1. The second-order valence-corrected chi connectivity index (χ2v) is 8.93. The Kier molecular flexibility index (Phi) is 5.19. The first-order valence-corrected chi connectivity index (χ1v) is 11.7. The summed E-state index contributed by atoms with van der Waals surface area (Å²) in [5.74, 6) is 1.56. The fraction of sp³-hybridized carbons (Fsp3) is 0.0357. The Morgan fingerprint density at radius 2 is 1.71 bits per heavy atom. The van der Waals surface area contributed by atoms with E-state index in [9.17, 15) is 4.79 Å². The largest absolute Gasteiger partial charge is 0.496 e. The molecule has 7 heteroatoms. The van der Waals surface area contributed by atoms with Gasteiger partial charge in [-0.15, -0.1) is 0 Å². The number of furan rings is 1. The summed E-state index contributed by atoms with van der Waals surface area (Å²) < 4.78 is 13.8. The number of methoxy groups -OCH3 is 1. The summed E-state index contributed by atoms with van der Waals surface area (Å²) in [5, 5.41) is 7.91. The van der Waals surface area contributed by atoms with Crippen LogP contribution in [0, 0.1) is 0 Å². The Labute approximate surface area is 208 Å². The van der Waals surface area contributed by atoms with Gasteiger partial charge in [0.25, 0.3) is 5.56 Å². The van der Waals surface area contributed by atoms with Crippen molar-refractivity contribution in [3.63, 3.8) is 0 Å². The number of nitrogens with zero attached hydrogens (tertiary/aromatic N) is 3. The number of rotatable bonds is 4. The molecule has 0 radical (unpaired) electrons. The van der Waals surface area contributed by atoms with Gasteiger partial charge in [0.1, 0.15) is 11.3 Å². The third-order valence-electron chi connectivity index (χ3n) is 5.90. The molecular formula is C28H18BrN3O3. The van der Waals surface area contributed by atoms with Crippen molar-refractivity contribution in [2.75, 3.05) is 7.11 Å². The molecule has 6 nitrogen and oxygen atoms in total. The van der Waals surface area contributed by atoms with Crippen LogP contribution in [0.3, 0.4) is 0 Å². The molecule has 4 aromatic carbocycles. The predicted molar refractivity (Wildman–Crippen MR) is 142 cm³/mol. The molecule has 0 aliphatic carbocycles. The summed E-state index contributed by atoms with van der Waals surface area (Å²) >= 11 is 3.49. The minimum atomic E-state index is -0.277. The van der Waals surface area contributed by atoms with Crippen molar-refractivity contribution in [1.82, 2.24) is 9.66 Å². The normalized spacial score (nSPS) is 11.7. The summed E-state index contributed by atoms with van der Waals surface area (Å²) in [5.41, 5.74) is 1.85. The maximum atomic E-state index is 13.5. The molecule has 0 aliphatic heterocycles. The lowest BCUT2D eigenvalue weighted by molar-refractivity contribution is 0.420. The predicted octanol–water partition coefficient (Wildman–Crippen LogP) is 6.62. The van der Waals surface area contributed by atoms with E-state index in [1.165, 1.54) is 4.68 Å². The fourth-order valence-corrected chi connectivity index (χ4v) is 4.60. The summed E-state index contributed by atoms with van der Waals surface area (Å²) in [7, 11) is 1.65. The minimum Gasteiger partial charge on any atom is -0.496 e. The second-order valence-electron chi connectivity index (χ2n) is 8.01. The summed E-state index contributed by atoms with van der Waals surface area (Å²) in [4.78, 5) is 18.3. The number of halogens is 1. The van der Waals surface area contributed by atoms with Crippen LogP contribution in [0.5, 0.6) is 5.75 Å². The van der Waals surface area contributed by atoms with E-state index >= 15 is 0 Å². The molecule has 0 unspecified atom stereocenters. The summed E-state index contributed by atoms with van der Waals surface area (Å²) in [6.45, 7) is 0. The highest BCUT2D eigenvalue weighted by Gasteiger charge is 2.17. The molecule has 35 heavy (non-hydrogen) atoms. The first kappa shape index (κ1) is 21.3. The van der Waals surface area contributed by atoms with Gasteiger partial charge >= 0.3 is 0 Å². The minimum absolute atomic E-state index is 0.277. The molecule has 0 amide bonds. The van der Waals surface area contributed by atoms with Crippen LogP contribution < -0.4 is 10.3 Å². The molecule has 0 saturated heterocycles. The van der Waals surface area contributed by atoms with Crippen LogP contribution >= 0.6 is 15.9 Å². The van der Waals surface area contributed by atoms with Crippen LogP contribution in [0.25, 0.3) is 44.2 Å². The van der Waals surface area contributed by atoms with Gasteiger partial charge in [0.05, 0.1) is 24.2 Å². The van der Waals surface area contributed by atoms with Gasteiger partial charge in [-0.3, -0.25) is 4.79 Å². The molecule has 2 heterocycles. The van der Waals surface area contributed by atoms with E-state index in [-0.39, 0.29) is 5.56 Å². The van der Waals surface area contributed by atoms with Crippen LogP contribution in [0.1, 0.15) is 5.56 Å². The van der Waals surface area contributed by atoms with Crippen molar-refractivity contribution >= 4 is 54.8 Å². The lowest BCUT2D eigenvalue weighted by Gasteiger charge is -2.09. The number of benzene rings is 4. The molecule has 0 atom stereocenters. The molecule has 6 rings (SSSR count). The number of para-hydroxylation sites is 1. The number of hydrogen-bond acceptors (Lipinski definition) is 5. The van der Waals surface area contributed by atoms with E-state index in [1.807, 2.05) is 78.9 Å². The lowest BCUT2D eigenvalue weighted by Crippen LogP contribution is -2.20. The smallest absolute Gasteiger partial charge is 0.282 e. The van der Waals surface area contributed by atoms with Crippen LogP contribution in [0.15, 0.2) is 104 Å². The Bertz CT molecular complexity index is 1840. The van der Waals surface area contributed by atoms with Gasteiger partial charge in [-0.2, -0.15) is 9.78 Å². The molecule has 0 fully saturated rings. The van der Waals surface area contributed by atoms with Crippen LogP contribution in [0.2, 0.25) is 0 Å². The Hall–Kier alpha value is -4.23. The summed E-state index contributed by atoms with van der Waals surface area (Å²) in [6.07, 6.45) is 1.67. The topological polar surface area (TPSA) is 69.6 Å². The van der Waals surface area contributed by atoms with Crippen molar-refractivity contribution in [2.45, 2.75) is 0 Å². The van der Waals surface area contributed by atoms with E-state index in [2.05, 4.69) is 21.0 Å². The van der Waals surface area contributed by atoms with Gasteiger partial charge in [-0.1, -0.05) is 52.3 Å². The van der Waals surface area contributed by atoms with E-state index in [4.69, 9.17) is 14.1 Å². The van der Waals surface area contributed by atoms with Crippen LogP contribution in [-0.4, -0.2) is 23.0 Å². The van der Waals surface area contributed by atoms with E-state index in [0.29, 0.717) is 28.1 Å². The van der Waals surface area contributed by atoms with Crippen molar-refractivity contribution in [3.05, 3.63) is 105 Å².